The lowest BCUT2D eigenvalue weighted by atomic mass is 10.1. The zero-order chi connectivity index (χ0) is 14.1. The minimum Gasteiger partial charge on any atom is -0.356 e. The molecule has 1 rings (SSSR count). The van der Waals surface area contributed by atoms with Crippen molar-refractivity contribution in [1.29, 1.82) is 0 Å². The standard InChI is InChI=1S/C13H19F2N3S/c1-16-13(18-8-9-19-2)17-7-6-10-11(14)4-3-5-12(10)15/h3-5H,6-9H2,1-2H3,(H2,16,17,18). The molecule has 0 aliphatic carbocycles. The molecule has 6 heteroatoms. The molecular formula is C13H19F2N3S. The van der Waals surface area contributed by atoms with Crippen molar-refractivity contribution in [1.82, 2.24) is 10.6 Å². The van der Waals surface area contributed by atoms with E-state index in [9.17, 15) is 8.78 Å². The molecule has 0 fully saturated rings. The van der Waals surface area contributed by atoms with Crippen LogP contribution in [0.4, 0.5) is 8.78 Å². The minimum atomic E-state index is -0.507. The number of nitrogens with zero attached hydrogens (tertiary/aromatic N) is 1. The lowest BCUT2D eigenvalue weighted by Crippen LogP contribution is -2.39. The molecular weight excluding hydrogens is 268 g/mol. The number of nitrogens with one attached hydrogen (secondary N) is 2. The van der Waals surface area contributed by atoms with Gasteiger partial charge < -0.3 is 10.6 Å². The van der Waals surface area contributed by atoms with Crippen molar-refractivity contribution in [2.45, 2.75) is 6.42 Å². The molecule has 0 bridgehead atoms. The molecule has 0 spiro atoms. The second-order valence-corrected chi connectivity index (χ2v) is 4.85. The summed E-state index contributed by atoms with van der Waals surface area (Å²) in [6.07, 6.45) is 2.31. The average molecular weight is 287 g/mol. The van der Waals surface area contributed by atoms with E-state index in [-0.39, 0.29) is 12.0 Å². The highest BCUT2D eigenvalue weighted by atomic mass is 32.2. The normalized spacial score (nSPS) is 11.5. The van der Waals surface area contributed by atoms with Crippen molar-refractivity contribution in [2.24, 2.45) is 4.99 Å². The number of rotatable bonds is 6. The van der Waals surface area contributed by atoms with Gasteiger partial charge in [0.2, 0.25) is 0 Å². The Kier molecular flexibility index (Phi) is 7.25. The molecule has 2 N–H and O–H groups in total. The van der Waals surface area contributed by atoms with Gasteiger partial charge in [-0.3, -0.25) is 4.99 Å². The third-order valence-corrected chi connectivity index (χ3v) is 3.16. The molecule has 3 nitrogen and oxygen atoms in total. The van der Waals surface area contributed by atoms with Crippen molar-refractivity contribution in [2.75, 3.05) is 32.1 Å². The average Bonchev–Trinajstić information content (AvgIpc) is 2.40. The summed E-state index contributed by atoms with van der Waals surface area (Å²) in [5.74, 6) is 0.605. The molecule has 0 atom stereocenters. The molecule has 0 aliphatic heterocycles. The van der Waals surface area contributed by atoms with Crippen LogP contribution in [0.1, 0.15) is 5.56 Å². The van der Waals surface area contributed by atoms with Gasteiger partial charge in [-0.2, -0.15) is 11.8 Å². The molecule has 1 aromatic carbocycles. The van der Waals surface area contributed by atoms with E-state index in [0.29, 0.717) is 12.5 Å². The Balaban J connectivity index is 2.40. The Hall–Kier alpha value is -1.30. The van der Waals surface area contributed by atoms with Gasteiger partial charge in [-0.1, -0.05) is 6.07 Å². The highest BCUT2D eigenvalue weighted by Gasteiger charge is 2.07. The first-order chi connectivity index (χ1) is 9.19. The smallest absolute Gasteiger partial charge is 0.191 e. The van der Waals surface area contributed by atoms with Crippen LogP contribution in [0.25, 0.3) is 0 Å². The maximum atomic E-state index is 13.4. The first kappa shape index (κ1) is 15.8. The van der Waals surface area contributed by atoms with Gasteiger partial charge in [-0.05, 0) is 24.8 Å². The van der Waals surface area contributed by atoms with Crippen LogP contribution in [0.2, 0.25) is 0 Å². The fraction of sp³-hybridized carbons (Fsp3) is 0.462. The largest absolute Gasteiger partial charge is 0.356 e. The highest BCUT2D eigenvalue weighted by Crippen LogP contribution is 2.11. The van der Waals surface area contributed by atoms with Crippen molar-refractivity contribution in [3.8, 4) is 0 Å². The van der Waals surface area contributed by atoms with Crippen LogP contribution in [-0.4, -0.2) is 38.1 Å². The SMILES string of the molecule is CN=C(NCCSC)NCCc1c(F)cccc1F. The maximum Gasteiger partial charge on any atom is 0.191 e. The molecule has 106 valence electrons. The Morgan fingerprint density at radius 3 is 2.42 bits per heavy atom. The molecule has 0 radical (unpaired) electrons. The predicted molar refractivity (Wildman–Crippen MR) is 77.8 cm³/mol. The second kappa shape index (κ2) is 8.74. The first-order valence-corrected chi connectivity index (χ1v) is 7.44. The summed E-state index contributed by atoms with van der Waals surface area (Å²) in [5.41, 5.74) is 0.106. The summed E-state index contributed by atoms with van der Waals surface area (Å²) in [6.45, 7) is 1.23. The number of guanidine groups is 1. The maximum absolute atomic E-state index is 13.4. The molecule has 0 aliphatic rings. The van der Waals surface area contributed by atoms with Gasteiger partial charge in [0, 0.05) is 31.5 Å². The Bertz CT molecular complexity index is 404. The molecule has 0 unspecified atom stereocenters. The lowest BCUT2D eigenvalue weighted by Gasteiger charge is -2.11. The van der Waals surface area contributed by atoms with E-state index in [2.05, 4.69) is 15.6 Å². The number of hydrogen-bond donors (Lipinski definition) is 2. The van der Waals surface area contributed by atoms with E-state index in [1.165, 1.54) is 18.2 Å². The number of thioether (sulfide) groups is 1. The van der Waals surface area contributed by atoms with Gasteiger partial charge in [0.1, 0.15) is 11.6 Å². The number of aliphatic imine (C=N–C) groups is 1. The number of halogens is 2. The van der Waals surface area contributed by atoms with Gasteiger partial charge in [-0.15, -0.1) is 0 Å². The Morgan fingerprint density at radius 2 is 1.84 bits per heavy atom. The summed E-state index contributed by atoms with van der Waals surface area (Å²) < 4.78 is 26.8. The van der Waals surface area contributed by atoms with Crippen LogP contribution in [0, 0.1) is 11.6 Å². The van der Waals surface area contributed by atoms with Crippen LogP contribution < -0.4 is 10.6 Å². The Morgan fingerprint density at radius 1 is 1.21 bits per heavy atom. The second-order valence-electron chi connectivity index (χ2n) is 3.87. The summed E-state index contributed by atoms with van der Waals surface area (Å²) >= 11 is 1.73. The van der Waals surface area contributed by atoms with E-state index < -0.39 is 11.6 Å². The molecule has 0 heterocycles. The quantitative estimate of drug-likeness (QED) is 0.477. The number of hydrogen-bond acceptors (Lipinski definition) is 2. The minimum absolute atomic E-state index is 0.106. The van der Waals surface area contributed by atoms with Crippen molar-refractivity contribution >= 4 is 17.7 Å². The summed E-state index contributed by atoms with van der Waals surface area (Å²) in [5, 5.41) is 6.14. The van der Waals surface area contributed by atoms with Gasteiger partial charge in [0.25, 0.3) is 0 Å². The molecule has 0 aromatic heterocycles. The third-order valence-electron chi connectivity index (χ3n) is 2.55. The van der Waals surface area contributed by atoms with E-state index in [1.54, 1.807) is 18.8 Å². The van der Waals surface area contributed by atoms with Crippen molar-refractivity contribution < 1.29 is 8.78 Å². The molecule has 0 saturated carbocycles. The van der Waals surface area contributed by atoms with Crippen molar-refractivity contribution in [3.63, 3.8) is 0 Å². The highest BCUT2D eigenvalue weighted by molar-refractivity contribution is 7.98. The zero-order valence-corrected chi connectivity index (χ0v) is 12.0. The molecule has 0 amide bonds. The van der Waals surface area contributed by atoms with Gasteiger partial charge >= 0.3 is 0 Å². The van der Waals surface area contributed by atoms with Crippen LogP contribution >= 0.6 is 11.8 Å². The summed E-state index contributed by atoms with van der Waals surface area (Å²) in [7, 11) is 1.66. The van der Waals surface area contributed by atoms with Crippen LogP contribution in [0.5, 0.6) is 0 Å². The first-order valence-electron chi connectivity index (χ1n) is 6.05. The van der Waals surface area contributed by atoms with Crippen molar-refractivity contribution in [3.05, 3.63) is 35.4 Å². The summed E-state index contributed by atoms with van der Waals surface area (Å²) in [6, 6.07) is 3.90. The van der Waals surface area contributed by atoms with Gasteiger partial charge in [-0.25, -0.2) is 8.78 Å². The van der Waals surface area contributed by atoms with Crippen LogP contribution in [0.3, 0.4) is 0 Å². The third kappa shape index (κ3) is 5.46. The van der Waals surface area contributed by atoms with E-state index in [4.69, 9.17) is 0 Å². The molecule has 1 aromatic rings. The lowest BCUT2D eigenvalue weighted by molar-refractivity contribution is 0.553. The molecule has 0 saturated heterocycles. The van der Waals surface area contributed by atoms with Gasteiger partial charge in [0.15, 0.2) is 5.96 Å². The Labute approximate surface area is 116 Å². The summed E-state index contributed by atoms with van der Waals surface area (Å²) in [4.78, 5) is 4.03. The van der Waals surface area contributed by atoms with Crippen LogP contribution in [-0.2, 0) is 6.42 Å². The van der Waals surface area contributed by atoms with E-state index >= 15 is 0 Å². The topological polar surface area (TPSA) is 36.4 Å². The van der Waals surface area contributed by atoms with Gasteiger partial charge in [0.05, 0.1) is 0 Å². The monoisotopic (exact) mass is 287 g/mol. The van der Waals surface area contributed by atoms with E-state index in [1.807, 2.05) is 6.26 Å². The fourth-order valence-electron chi connectivity index (χ4n) is 1.57. The zero-order valence-electron chi connectivity index (χ0n) is 11.2. The molecule has 19 heavy (non-hydrogen) atoms. The predicted octanol–water partition coefficient (Wildman–Crippen LogP) is 2.04. The fourth-order valence-corrected chi connectivity index (χ4v) is 1.88. The van der Waals surface area contributed by atoms with E-state index in [0.717, 1.165) is 12.3 Å². The number of benzene rings is 1. The van der Waals surface area contributed by atoms with Crippen LogP contribution in [0.15, 0.2) is 23.2 Å².